The van der Waals surface area contributed by atoms with E-state index in [9.17, 15) is 34.8 Å². The van der Waals surface area contributed by atoms with Gasteiger partial charge in [0.05, 0.1) is 94.5 Å². The minimum atomic E-state index is -2.61. The number of hydrogen-bond acceptors (Lipinski definition) is 27. The van der Waals surface area contributed by atoms with Crippen molar-refractivity contribution in [3.63, 3.8) is 0 Å². The number of rotatable bonds is 26. The maximum atomic E-state index is 15.7. The molecule has 2 aliphatic carbocycles. The number of allylic oxidation sites excluding steroid dienone is 2. The number of nitrogens with one attached hydrogen (secondary N) is 2. The van der Waals surface area contributed by atoms with Crippen LogP contribution >= 0.6 is 43.2 Å². The fourth-order valence-electron chi connectivity index (χ4n) is 11.3. The SMILES string of the molecule is C=C(OC)C(=O)Nc1cc(OC)c(OC)cc1C(=O)OC1CC(OC2C(=O)C(CC(=O)OC)=C3/C(=C\CSSSC)C2(O)C#C/C=C\C#CC3OC2OC(C)C(NOC3CC(O)C(SC)C(C)O3)C(O)C2OC2CC(OC)C(CC(C)C)CO2)OC(C)C1O. The van der Waals surface area contributed by atoms with Crippen molar-refractivity contribution in [3.05, 3.63) is 65.0 Å². The third kappa shape index (κ3) is 17.7. The summed E-state index contributed by atoms with van der Waals surface area (Å²) in [6, 6.07) is 1.56. The molecule has 7 rings (SSSR count). The number of Topliss-reactive ketones (excluding diaryl/α,β-unsaturated/α-hetero) is 1. The van der Waals surface area contributed by atoms with E-state index in [1.807, 2.05) is 19.4 Å². The average Bonchev–Trinajstić information content (AvgIpc) is 0.971. The third-order valence-electron chi connectivity index (χ3n) is 15.8. The van der Waals surface area contributed by atoms with Gasteiger partial charge < -0.3 is 87.3 Å². The molecule has 492 valence electrons. The maximum Gasteiger partial charge on any atom is 0.340 e. The molecule has 28 heteroatoms. The molecule has 2 bridgehead atoms. The Balaban J connectivity index is 1.27. The highest BCUT2D eigenvalue weighted by Crippen LogP contribution is 2.45. The highest BCUT2D eigenvalue weighted by atomic mass is 33.5. The van der Waals surface area contributed by atoms with Gasteiger partial charge in [-0.15, -0.1) is 0 Å². The van der Waals surface area contributed by atoms with Gasteiger partial charge in [0, 0.05) is 66.9 Å². The summed E-state index contributed by atoms with van der Waals surface area (Å²) >= 11 is 1.48. The molecular formula is C61H82N2O22S4. The van der Waals surface area contributed by atoms with Crippen LogP contribution in [0.3, 0.4) is 0 Å². The summed E-state index contributed by atoms with van der Waals surface area (Å²) in [5, 5.41) is 51.0. The van der Waals surface area contributed by atoms with Crippen molar-refractivity contribution >= 4 is 72.5 Å². The Hall–Kier alpha value is -4.38. The lowest BCUT2D eigenvalue weighted by Gasteiger charge is -2.47. The van der Waals surface area contributed by atoms with E-state index in [4.69, 9.17) is 66.4 Å². The molecule has 4 fully saturated rings. The number of esters is 2. The molecule has 1 aromatic rings. The second-order valence-electron chi connectivity index (χ2n) is 22.1. The van der Waals surface area contributed by atoms with Crippen LogP contribution in [0.2, 0.25) is 0 Å². The first-order chi connectivity index (χ1) is 42.5. The smallest absolute Gasteiger partial charge is 0.340 e. The van der Waals surface area contributed by atoms with Crippen LogP contribution in [-0.4, -0.2) is 214 Å². The fraction of sp³-hybridized carbons (Fsp3) is 0.639. The van der Waals surface area contributed by atoms with Crippen LogP contribution in [0.15, 0.2) is 59.4 Å². The van der Waals surface area contributed by atoms with E-state index in [0.717, 1.165) is 13.5 Å². The minimum Gasteiger partial charge on any atom is -0.493 e. The number of ether oxygens (including phenoxy) is 13. The average molecular weight is 1320 g/mol. The molecule has 4 saturated heterocycles. The van der Waals surface area contributed by atoms with Gasteiger partial charge in [-0.2, -0.15) is 17.2 Å². The molecule has 0 saturated carbocycles. The third-order valence-corrected chi connectivity index (χ3v) is 20.8. The van der Waals surface area contributed by atoms with Gasteiger partial charge in [-0.1, -0.05) is 71.8 Å². The Bertz CT molecular complexity index is 2880. The van der Waals surface area contributed by atoms with Crippen LogP contribution in [0, 0.1) is 35.5 Å². The van der Waals surface area contributed by atoms with Gasteiger partial charge in [-0.3, -0.25) is 19.2 Å². The van der Waals surface area contributed by atoms with E-state index in [1.165, 1.54) is 95.7 Å². The summed E-state index contributed by atoms with van der Waals surface area (Å²) in [5.41, 5.74) is -0.418. The van der Waals surface area contributed by atoms with Crippen molar-refractivity contribution in [2.45, 2.75) is 176 Å². The van der Waals surface area contributed by atoms with Crippen LogP contribution in [0.25, 0.3) is 0 Å². The quantitative estimate of drug-likeness (QED) is 0.0136. The zero-order chi connectivity index (χ0) is 64.9. The fourth-order valence-corrected chi connectivity index (χ4v) is 14.6. The van der Waals surface area contributed by atoms with Gasteiger partial charge in [0.15, 0.2) is 59.9 Å². The molecule has 0 aromatic heterocycles. The van der Waals surface area contributed by atoms with E-state index < -0.39 is 128 Å². The number of carbonyl (C=O) groups excluding carboxylic acids is 4. The van der Waals surface area contributed by atoms with Crippen LogP contribution in [0.5, 0.6) is 11.5 Å². The first kappa shape index (κ1) is 72.1. The van der Waals surface area contributed by atoms with Crippen molar-refractivity contribution in [1.29, 1.82) is 0 Å². The molecule has 1 aromatic carbocycles. The lowest BCUT2D eigenvalue weighted by Crippen LogP contribution is -2.65. The van der Waals surface area contributed by atoms with E-state index in [0.29, 0.717) is 5.92 Å². The molecule has 19 unspecified atom stereocenters. The van der Waals surface area contributed by atoms with Gasteiger partial charge in [0.1, 0.15) is 30.5 Å². The summed E-state index contributed by atoms with van der Waals surface area (Å²) in [6.45, 7) is 13.0. The number of anilines is 1. The monoisotopic (exact) mass is 1320 g/mol. The number of ketones is 1. The molecule has 4 heterocycles. The van der Waals surface area contributed by atoms with Crippen molar-refractivity contribution in [2.24, 2.45) is 11.8 Å². The Labute approximate surface area is 534 Å². The van der Waals surface area contributed by atoms with E-state index in [1.54, 1.807) is 20.1 Å². The number of fused-ring (bicyclic) bond motifs is 2. The number of carbonyl (C=O) groups is 4. The largest absolute Gasteiger partial charge is 0.493 e. The summed E-state index contributed by atoms with van der Waals surface area (Å²) in [7, 11) is 11.0. The van der Waals surface area contributed by atoms with E-state index >= 15 is 4.79 Å². The summed E-state index contributed by atoms with van der Waals surface area (Å²) in [5.74, 6) is 8.44. The number of thioether (sulfide) groups is 1. The Morgan fingerprint density at radius 1 is 0.865 bits per heavy atom. The van der Waals surface area contributed by atoms with Gasteiger partial charge in [-0.05, 0) is 67.6 Å². The predicted octanol–water partition coefficient (Wildman–Crippen LogP) is 4.96. The number of aliphatic hydroxyl groups excluding tert-OH is 3. The predicted molar refractivity (Wildman–Crippen MR) is 332 cm³/mol. The summed E-state index contributed by atoms with van der Waals surface area (Å²) in [6.07, 6.45) is -9.71. The molecular weight excluding hydrogens is 1240 g/mol. The Morgan fingerprint density at radius 3 is 2.24 bits per heavy atom. The number of amides is 1. The molecule has 4 aliphatic heterocycles. The van der Waals surface area contributed by atoms with Gasteiger partial charge in [0.25, 0.3) is 5.91 Å². The lowest BCUT2D eigenvalue weighted by molar-refractivity contribution is -0.338. The lowest BCUT2D eigenvalue weighted by atomic mass is 9.70. The van der Waals surface area contributed by atoms with E-state index in [-0.39, 0.29) is 93.8 Å². The Kier molecular flexibility index (Phi) is 27.1. The van der Waals surface area contributed by atoms with Crippen molar-refractivity contribution < 1.29 is 106 Å². The normalized spacial score (nSPS) is 34.5. The maximum absolute atomic E-state index is 15.7. The second-order valence-corrected chi connectivity index (χ2v) is 27.5. The standard InChI is InChI=1S/C61H82N2O22S4/c1-30(2)22-35-29-77-47(27-42(35)73-8)83-55-54(68)51(63-85-49-26-40(64)56(86-12)33(5)79-49)31(3)80-60(55)82-41-18-16-14-15-17-20-61(71)38(19-21-88-89-87-13)50(41)37(24-46(65)76-11)53(67)57(61)84-48-28-45(52(66)32(4)78-48)81-59(70)36-23-43(74-9)44(75-10)25-39(36)62-58(69)34(6)72-7/h14-15,19,23,25,30-33,35,40-42,45,47-49,51-52,54-57,60,63-64,66,68,71H,6,21-22,24,26-29H2,1-5,7-13H3,(H,62,69)/b15-14-,38-19+. The summed E-state index contributed by atoms with van der Waals surface area (Å²) < 4.78 is 78.4. The highest BCUT2D eigenvalue weighted by Gasteiger charge is 2.56. The van der Waals surface area contributed by atoms with Crippen LogP contribution in [0.4, 0.5) is 5.69 Å². The number of hydroxylamine groups is 1. The Morgan fingerprint density at radius 2 is 1.57 bits per heavy atom. The number of benzene rings is 1. The molecule has 89 heavy (non-hydrogen) atoms. The van der Waals surface area contributed by atoms with Crippen molar-refractivity contribution in [2.75, 3.05) is 65.7 Å². The minimum absolute atomic E-state index is 0.0382. The molecule has 0 radical (unpaired) electrons. The zero-order valence-corrected chi connectivity index (χ0v) is 55.0. The summed E-state index contributed by atoms with van der Waals surface area (Å²) in [4.78, 5) is 62.7. The topological polar surface area (TPSA) is 302 Å². The number of hydrogen-bond donors (Lipinski definition) is 6. The van der Waals surface area contributed by atoms with Crippen LogP contribution < -0.4 is 20.3 Å². The van der Waals surface area contributed by atoms with Crippen LogP contribution in [-0.2, 0) is 71.3 Å². The number of methoxy groups -OCH3 is 5. The van der Waals surface area contributed by atoms with Crippen LogP contribution in [0.1, 0.15) is 77.1 Å². The van der Waals surface area contributed by atoms with Gasteiger partial charge in [0.2, 0.25) is 0 Å². The van der Waals surface area contributed by atoms with Crippen molar-refractivity contribution in [3.8, 4) is 35.2 Å². The van der Waals surface area contributed by atoms with Gasteiger partial charge >= 0.3 is 11.9 Å². The molecule has 19 atom stereocenters. The first-order valence-corrected chi connectivity index (χ1v) is 34.2. The number of aliphatic hydroxyl groups is 4. The molecule has 0 spiro atoms. The molecule has 6 N–H and O–H groups in total. The van der Waals surface area contributed by atoms with Gasteiger partial charge in [-0.25, -0.2) is 4.79 Å². The highest BCUT2D eigenvalue weighted by molar-refractivity contribution is 9.09. The second kappa shape index (κ2) is 33.5. The van der Waals surface area contributed by atoms with Crippen molar-refractivity contribution in [1.82, 2.24) is 5.48 Å². The molecule has 24 nitrogen and oxygen atoms in total. The molecule has 6 aliphatic rings. The molecule has 1 amide bonds. The van der Waals surface area contributed by atoms with E-state index in [2.05, 4.69) is 54.9 Å². The first-order valence-electron chi connectivity index (χ1n) is 28.9. The zero-order valence-electron chi connectivity index (χ0n) is 51.8.